The molecule has 1 fully saturated rings. The van der Waals surface area contributed by atoms with Crippen molar-refractivity contribution < 1.29 is 9.59 Å². The molecule has 0 bridgehead atoms. The molecule has 3 heterocycles. The maximum absolute atomic E-state index is 13.5. The van der Waals surface area contributed by atoms with Crippen molar-refractivity contribution in [1.82, 2.24) is 24.5 Å². The average molecular weight is 425 g/mol. The second kappa shape index (κ2) is 8.34. The first-order chi connectivity index (χ1) is 14.8. The van der Waals surface area contributed by atoms with Crippen LogP contribution in [-0.4, -0.2) is 87.8 Å². The zero-order valence-corrected chi connectivity index (χ0v) is 19.1. The van der Waals surface area contributed by atoms with Crippen LogP contribution in [-0.2, 0) is 11.3 Å². The smallest absolute Gasteiger partial charge is 0.313 e. The fourth-order valence-electron chi connectivity index (χ4n) is 4.48. The highest BCUT2D eigenvalue weighted by Gasteiger charge is 2.54. The van der Waals surface area contributed by atoms with E-state index in [1.54, 1.807) is 11.9 Å². The number of nitrogens with zero attached hydrogens (tertiary/aromatic N) is 6. The summed E-state index contributed by atoms with van der Waals surface area (Å²) < 4.78 is 0. The second-order valence-electron chi connectivity index (χ2n) is 8.45. The lowest BCUT2D eigenvalue weighted by Gasteiger charge is -2.40. The van der Waals surface area contributed by atoms with Gasteiger partial charge in [0.1, 0.15) is 0 Å². The summed E-state index contributed by atoms with van der Waals surface area (Å²) in [6.45, 7) is 12.4. The quantitative estimate of drug-likeness (QED) is 0.672. The van der Waals surface area contributed by atoms with E-state index in [9.17, 15) is 9.59 Å². The van der Waals surface area contributed by atoms with Crippen LogP contribution in [0.15, 0.2) is 41.2 Å². The van der Waals surface area contributed by atoms with E-state index in [0.29, 0.717) is 0 Å². The van der Waals surface area contributed by atoms with Crippen LogP contribution in [0, 0.1) is 6.92 Å². The van der Waals surface area contributed by atoms with Crippen molar-refractivity contribution in [2.75, 3.05) is 33.2 Å². The minimum atomic E-state index is -0.517. The van der Waals surface area contributed by atoms with Crippen LogP contribution in [0.5, 0.6) is 0 Å². The maximum atomic E-state index is 13.5. The van der Waals surface area contributed by atoms with Gasteiger partial charge in [-0.15, -0.1) is 0 Å². The molecular formula is C23H32N6O2. The number of urea groups is 1. The molecule has 31 heavy (non-hydrogen) atoms. The number of rotatable bonds is 7. The molecule has 3 aliphatic rings. The molecule has 1 saturated heterocycles. The summed E-state index contributed by atoms with van der Waals surface area (Å²) in [7, 11) is 1.73. The largest absolute Gasteiger partial charge is 0.328 e. The molecule has 3 amide bonds. The topological polar surface area (TPSA) is 62.7 Å². The fourth-order valence-corrected chi connectivity index (χ4v) is 4.48. The number of benzene rings is 1. The van der Waals surface area contributed by atoms with Gasteiger partial charge in [-0.05, 0) is 32.5 Å². The highest BCUT2D eigenvalue weighted by atomic mass is 16.2. The van der Waals surface area contributed by atoms with Gasteiger partial charge in [0.05, 0.1) is 6.54 Å². The first-order valence-corrected chi connectivity index (χ1v) is 11.0. The standard InChI is InChI=1S/C23H32N6O2/c1-6-26(7-2)12-13-27-17(4)14-28-19-20(24-22(27)28)25(5)23(31)29(21(19)30)15-18-10-8-16(3)9-11-18/h8-11,14,19-20H,6-7,12-13,15H2,1-5H3. The number of imide groups is 1. The third-order valence-corrected chi connectivity index (χ3v) is 6.50. The first kappa shape index (κ1) is 21.4. The van der Waals surface area contributed by atoms with E-state index in [2.05, 4.69) is 23.6 Å². The lowest BCUT2D eigenvalue weighted by molar-refractivity contribution is -0.137. The zero-order chi connectivity index (χ0) is 22.3. The number of carbonyl (C=O) groups excluding carboxylic acids is 2. The van der Waals surface area contributed by atoms with Crippen LogP contribution >= 0.6 is 0 Å². The van der Waals surface area contributed by atoms with Gasteiger partial charge in [-0.25, -0.2) is 9.79 Å². The van der Waals surface area contributed by atoms with Crippen LogP contribution in [0.2, 0.25) is 0 Å². The van der Waals surface area contributed by atoms with Crippen LogP contribution in [0.1, 0.15) is 31.9 Å². The molecular weight excluding hydrogens is 392 g/mol. The molecule has 1 aromatic rings. The van der Waals surface area contributed by atoms with Gasteiger partial charge in [0.15, 0.2) is 12.2 Å². The molecule has 3 aliphatic heterocycles. The summed E-state index contributed by atoms with van der Waals surface area (Å²) >= 11 is 0. The van der Waals surface area contributed by atoms with E-state index in [-0.39, 0.29) is 18.5 Å². The van der Waals surface area contributed by atoms with Crippen molar-refractivity contribution in [3.8, 4) is 0 Å². The minimum Gasteiger partial charge on any atom is -0.313 e. The van der Waals surface area contributed by atoms with Crippen LogP contribution in [0.25, 0.3) is 0 Å². The molecule has 8 nitrogen and oxygen atoms in total. The van der Waals surface area contributed by atoms with Crippen LogP contribution in [0.3, 0.4) is 0 Å². The Morgan fingerprint density at radius 2 is 1.71 bits per heavy atom. The molecule has 4 rings (SSSR count). The molecule has 0 radical (unpaired) electrons. The third-order valence-electron chi connectivity index (χ3n) is 6.50. The van der Waals surface area contributed by atoms with E-state index >= 15 is 0 Å². The van der Waals surface area contributed by atoms with Crippen molar-refractivity contribution in [1.29, 1.82) is 0 Å². The number of carbonyl (C=O) groups is 2. The van der Waals surface area contributed by atoms with E-state index in [4.69, 9.17) is 4.99 Å². The minimum absolute atomic E-state index is 0.193. The van der Waals surface area contributed by atoms with Gasteiger partial charge in [0, 0.05) is 32.0 Å². The Bertz CT molecular complexity index is 920. The molecule has 2 unspecified atom stereocenters. The lowest BCUT2D eigenvalue weighted by Crippen LogP contribution is -2.63. The Hall–Kier alpha value is -2.87. The van der Waals surface area contributed by atoms with E-state index in [0.717, 1.165) is 49.0 Å². The third kappa shape index (κ3) is 3.69. The Labute approximate surface area is 184 Å². The van der Waals surface area contributed by atoms with Crippen LogP contribution < -0.4 is 0 Å². The van der Waals surface area contributed by atoms with Gasteiger partial charge < -0.3 is 19.6 Å². The molecule has 8 heteroatoms. The number of hydrogen-bond donors (Lipinski definition) is 0. The summed E-state index contributed by atoms with van der Waals surface area (Å²) in [4.78, 5) is 40.7. The Morgan fingerprint density at radius 1 is 1.03 bits per heavy atom. The molecule has 0 spiro atoms. The number of likely N-dealkylation sites (N-methyl/N-ethyl adjacent to an activating group) is 2. The van der Waals surface area contributed by atoms with Gasteiger partial charge in [0.25, 0.3) is 5.91 Å². The molecule has 0 aromatic heterocycles. The number of aliphatic imine (C=N–C) groups is 1. The molecule has 0 saturated carbocycles. The number of guanidine groups is 1. The number of fused-ring (bicyclic) bond motifs is 3. The molecule has 0 N–H and O–H groups in total. The predicted molar refractivity (Wildman–Crippen MR) is 120 cm³/mol. The number of hydrogen-bond acceptors (Lipinski definition) is 6. The van der Waals surface area contributed by atoms with Gasteiger partial charge >= 0.3 is 6.03 Å². The Kier molecular flexibility index (Phi) is 5.75. The molecule has 166 valence electrons. The summed E-state index contributed by atoms with van der Waals surface area (Å²) in [5, 5.41) is 0. The van der Waals surface area contributed by atoms with Crippen molar-refractivity contribution in [2.45, 2.75) is 46.4 Å². The van der Waals surface area contributed by atoms with Gasteiger partial charge in [-0.3, -0.25) is 9.69 Å². The maximum Gasteiger partial charge on any atom is 0.328 e. The monoisotopic (exact) mass is 424 g/mol. The molecule has 0 aliphatic carbocycles. The lowest BCUT2D eigenvalue weighted by atomic mass is 10.1. The van der Waals surface area contributed by atoms with Crippen LogP contribution in [0.4, 0.5) is 4.79 Å². The Morgan fingerprint density at radius 3 is 2.35 bits per heavy atom. The van der Waals surface area contributed by atoms with Crippen molar-refractivity contribution in [3.05, 3.63) is 47.3 Å². The fraction of sp³-hybridized carbons (Fsp3) is 0.522. The van der Waals surface area contributed by atoms with E-state index in [1.165, 1.54) is 4.90 Å². The van der Waals surface area contributed by atoms with Crippen molar-refractivity contribution >= 4 is 17.9 Å². The number of allylic oxidation sites excluding steroid dienone is 1. The number of aryl methyl sites for hydroxylation is 1. The van der Waals surface area contributed by atoms with E-state index in [1.807, 2.05) is 49.2 Å². The van der Waals surface area contributed by atoms with Gasteiger partial charge in [-0.2, -0.15) is 0 Å². The highest BCUT2D eigenvalue weighted by molar-refractivity contribution is 6.04. The van der Waals surface area contributed by atoms with Gasteiger partial charge in [-0.1, -0.05) is 43.7 Å². The predicted octanol–water partition coefficient (Wildman–Crippen LogP) is 2.27. The van der Waals surface area contributed by atoms with Gasteiger partial charge in [0.2, 0.25) is 5.96 Å². The number of amides is 3. The van der Waals surface area contributed by atoms with Crippen molar-refractivity contribution in [3.63, 3.8) is 0 Å². The summed E-state index contributed by atoms with van der Waals surface area (Å²) in [5.41, 5.74) is 3.16. The summed E-state index contributed by atoms with van der Waals surface area (Å²) in [6.07, 6.45) is 1.50. The SMILES string of the molecule is CCN(CC)CCN1C(C)=CN2C1=NC1C2C(=O)N(Cc2ccc(C)cc2)C(=O)N1C. The van der Waals surface area contributed by atoms with E-state index < -0.39 is 12.2 Å². The van der Waals surface area contributed by atoms with Crippen molar-refractivity contribution in [2.24, 2.45) is 4.99 Å². The molecule has 2 atom stereocenters. The zero-order valence-electron chi connectivity index (χ0n) is 19.1. The average Bonchev–Trinajstić information content (AvgIpc) is 3.27. The summed E-state index contributed by atoms with van der Waals surface area (Å²) in [6, 6.07) is 7.11. The highest BCUT2D eigenvalue weighted by Crippen LogP contribution is 2.34. The summed E-state index contributed by atoms with van der Waals surface area (Å²) in [5.74, 6) is 0.576. The first-order valence-electron chi connectivity index (χ1n) is 11.0. The normalized spacial score (nSPS) is 22.9. The molecule has 1 aromatic carbocycles. The Balaban J connectivity index is 1.55. The second-order valence-corrected chi connectivity index (χ2v) is 8.45.